The zero-order valence-corrected chi connectivity index (χ0v) is 12.2. The Morgan fingerprint density at radius 1 is 1.22 bits per heavy atom. The molecular weight excluding hydrogens is 289 g/mol. The molecule has 1 N–H and O–H groups in total. The van der Waals surface area contributed by atoms with E-state index in [0.717, 1.165) is 18.7 Å². The van der Waals surface area contributed by atoms with E-state index in [1.165, 1.54) is 4.88 Å². The molecule has 5 heteroatoms. The van der Waals surface area contributed by atoms with Crippen LogP contribution in [0.4, 0.5) is 0 Å². The van der Waals surface area contributed by atoms with Crippen LogP contribution in [0, 0.1) is 0 Å². The van der Waals surface area contributed by atoms with Gasteiger partial charge in [-0.05, 0) is 29.1 Å². The van der Waals surface area contributed by atoms with Gasteiger partial charge in [0.15, 0.2) is 5.75 Å². The lowest BCUT2D eigenvalue weighted by Crippen LogP contribution is -2.11. The van der Waals surface area contributed by atoms with Crippen LogP contribution in [0.5, 0.6) is 5.75 Å². The monoisotopic (exact) mass is 301 g/mol. The van der Waals surface area contributed by atoms with Gasteiger partial charge in [0.2, 0.25) is 0 Å². The molecule has 0 aliphatic heterocycles. The van der Waals surface area contributed by atoms with Gasteiger partial charge < -0.3 is 10.1 Å². The van der Waals surface area contributed by atoms with E-state index in [1.807, 2.05) is 18.2 Å². The average Bonchev–Trinajstić information content (AvgIpc) is 2.82. The lowest BCUT2D eigenvalue weighted by atomic mass is 10.2. The largest absolute Gasteiger partial charge is 0.494 e. The van der Waals surface area contributed by atoms with E-state index >= 15 is 0 Å². The Balaban J connectivity index is 1.97. The summed E-state index contributed by atoms with van der Waals surface area (Å²) < 4.78 is 5.11. The Kier molecular flexibility index (Phi) is 4.89. The van der Waals surface area contributed by atoms with Crippen molar-refractivity contribution < 1.29 is 4.74 Å². The van der Waals surface area contributed by atoms with E-state index in [2.05, 4.69) is 16.8 Å². The van der Waals surface area contributed by atoms with Crippen LogP contribution in [-0.4, -0.2) is 7.11 Å². The van der Waals surface area contributed by atoms with E-state index in [9.17, 15) is 0 Å². The second-order valence-electron chi connectivity index (χ2n) is 3.78. The van der Waals surface area contributed by atoms with Gasteiger partial charge in [0.1, 0.15) is 0 Å². The van der Waals surface area contributed by atoms with Crippen molar-refractivity contribution in [2.24, 2.45) is 0 Å². The van der Waals surface area contributed by atoms with Gasteiger partial charge in [-0.25, -0.2) is 0 Å². The Morgan fingerprint density at radius 3 is 2.50 bits per heavy atom. The third-order valence-electron chi connectivity index (χ3n) is 2.47. The number of hydrogen-bond donors (Lipinski definition) is 1. The molecule has 0 amide bonds. The van der Waals surface area contributed by atoms with E-state index in [1.54, 1.807) is 18.4 Å². The van der Waals surface area contributed by atoms with Crippen LogP contribution in [0.3, 0.4) is 0 Å². The molecule has 0 radical (unpaired) electrons. The average molecular weight is 302 g/mol. The lowest BCUT2D eigenvalue weighted by molar-refractivity contribution is 0.415. The first-order chi connectivity index (χ1) is 8.70. The summed E-state index contributed by atoms with van der Waals surface area (Å²) in [6, 6.07) is 7.88. The van der Waals surface area contributed by atoms with Crippen molar-refractivity contribution in [3.63, 3.8) is 0 Å². The summed E-state index contributed by atoms with van der Waals surface area (Å²) in [7, 11) is 1.56. The number of thiophene rings is 1. The molecule has 0 saturated carbocycles. The van der Waals surface area contributed by atoms with Gasteiger partial charge in [-0.15, -0.1) is 11.3 Å². The molecule has 0 saturated heterocycles. The number of halogens is 2. The van der Waals surface area contributed by atoms with Crippen molar-refractivity contribution in [3.8, 4) is 5.75 Å². The smallest absolute Gasteiger partial charge is 0.156 e. The second-order valence-corrected chi connectivity index (χ2v) is 5.62. The minimum Gasteiger partial charge on any atom is -0.494 e. The van der Waals surface area contributed by atoms with Crippen molar-refractivity contribution in [3.05, 3.63) is 50.1 Å². The Bertz CT molecular complexity index is 491. The predicted molar refractivity (Wildman–Crippen MR) is 77.9 cm³/mol. The number of ether oxygens (including phenoxy) is 1. The minimum absolute atomic E-state index is 0.528. The van der Waals surface area contributed by atoms with Gasteiger partial charge in [0.25, 0.3) is 0 Å². The summed E-state index contributed by atoms with van der Waals surface area (Å²) >= 11 is 13.9. The van der Waals surface area contributed by atoms with Crippen LogP contribution >= 0.6 is 34.5 Å². The van der Waals surface area contributed by atoms with Crippen LogP contribution in [-0.2, 0) is 13.1 Å². The molecule has 0 atom stereocenters. The number of benzene rings is 1. The molecule has 0 unspecified atom stereocenters. The first-order valence-corrected chi connectivity index (χ1v) is 7.09. The molecule has 1 aromatic carbocycles. The van der Waals surface area contributed by atoms with Gasteiger partial charge >= 0.3 is 0 Å². The Morgan fingerprint density at radius 2 is 1.94 bits per heavy atom. The van der Waals surface area contributed by atoms with Gasteiger partial charge in [0, 0.05) is 18.0 Å². The molecule has 0 aliphatic carbocycles. The maximum absolute atomic E-state index is 6.08. The summed E-state index contributed by atoms with van der Waals surface area (Å²) in [4.78, 5) is 1.31. The molecule has 2 nitrogen and oxygen atoms in total. The Hall–Kier alpha value is -0.740. The molecule has 0 spiro atoms. The number of nitrogens with one attached hydrogen (secondary N) is 1. The standard InChI is InChI=1S/C13H13Cl2NOS/c1-17-13-11(14)5-9(6-12(13)15)7-16-8-10-3-2-4-18-10/h2-6,16H,7-8H2,1H3. The molecule has 0 fully saturated rings. The molecule has 0 aliphatic rings. The van der Waals surface area contributed by atoms with Crippen molar-refractivity contribution >= 4 is 34.5 Å². The SMILES string of the molecule is COc1c(Cl)cc(CNCc2cccs2)cc1Cl. The van der Waals surface area contributed by atoms with Crippen molar-refractivity contribution in [1.29, 1.82) is 0 Å². The highest BCUT2D eigenvalue weighted by Gasteiger charge is 2.08. The topological polar surface area (TPSA) is 21.3 Å². The maximum Gasteiger partial charge on any atom is 0.156 e. The maximum atomic E-state index is 6.08. The van der Waals surface area contributed by atoms with E-state index < -0.39 is 0 Å². The highest BCUT2D eigenvalue weighted by Crippen LogP contribution is 2.33. The number of methoxy groups -OCH3 is 1. The molecule has 18 heavy (non-hydrogen) atoms. The first-order valence-electron chi connectivity index (χ1n) is 5.45. The summed E-state index contributed by atoms with van der Waals surface area (Å²) in [6.45, 7) is 1.57. The lowest BCUT2D eigenvalue weighted by Gasteiger charge is -2.09. The van der Waals surface area contributed by atoms with Crippen LogP contribution in [0.2, 0.25) is 10.0 Å². The summed E-state index contributed by atoms with van der Waals surface area (Å²) in [5, 5.41) is 6.50. The predicted octanol–water partition coefficient (Wildman–Crippen LogP) is 4.35. The quantitative estimate of drug-likeness (QED) is 0.886. The molecule has 2 aromatic rings. The van der Waals surface area contributed by atoms with Crippen LogP contribution in [0.1, 0.15) is 10.4 Å². The van der Waals surface area contributed by atoms with E-state index in [0.29, 0.717) is 15.8 Å². The van der Waals surface area contributed by atoms with Gasteiger partial charge in [0.05, 0.1) is 17.2 Å². The third-order valence-corrected chi connectivity index (χ3v) is 3.91. The highest BCUT2D eigenvalue weighted by atomic mass is 35.5. The zero-order valence-electron chi connectivity index (χ0n) is 9.87. The van der Waals surface area contributed by atoms with E-state index in [-0.39, 0.29) is 0 Å². The first kappa shape index (κ1) is 13.7. The molecule has 96 valence electrons. The van der Waals surface area contributed by atoms with Gasteiger partial charge in [-0.2, -0.15) is 0 Å². The molecule has 1 aromatic heterocycles. The van der Waals surface area contributed by atoms with Crippen LogP contribution < -0.4 is 10.1 Å². The molecule has 2 rings (SSSR count). The van der Waals surface area contributed by atoms with Gasteiger partial charge in [-0.3, -0.25) is 0 Å². The fourth-order valence-electron chi connectivity index (χ4n) is 1.65. The molecule has 1 heterocycles. The number of hydrogen-bond acceptors (Lipinski definition) is 3. The normalized spacial score (nSPS) is 10.6. The fourth-order valence-corrected chi connectivity index (χ4v) is 3.01. The second kappa shape index (κ2) is 6.43. The van der Waals surface area contributed by atoms with Gasteiger partial charge in [-0.1, -0.05) is 29.3 Å². The molecule has 0 bridgehead atoms. The van der Waals surface area contributed by atoms with Crippen LogP contribution in [0.25, 0.3) is 0 Å². The molecular formula is C13H13Cl2NOS. The summed E-state index contributed by atoms with van der Waals surface area (Å²) in [6.07, 6.45) is 0. The van der Waals surface area contributed by atoms with Crippen molar-refractivity contribution in [1.82, 2.24) is 5.32 Å². The highest BCUT2D eigenvalue weighted by molar-refractivity contribution is 7.09. The minimum atomic E-state index is 0.528. The van der Waals surface area contributed by atoms with Crippen molar-refractivity contribution in [2.45, 2.75) is 13.1 Å². The van der Waals surface area contributed by atoms with Crippen molar-refractivity contribution in [2.75, 3.05) is 7.11 Å². The summed E-state index contributed by atoms with van der Waals surface area (Å²) in [5.41, 5.74) is 1.04. The van der Waals surface area contributed by atoms with Crippen LogP contribution in [0.15, 0.2) is 29.6 Å². The Labute approximate surface area is 120 Å². The number of rotatable bonds is 5. The third kappa shape index (κ3) is 3.39. The zero-order chi connectivity index (χ0) is 13.0. The summed E-state index contributed by atoms with van der Waals surface area (Å²) in [5.74, 6) is 0.528. The fraction of sp³-hybridized carbons (Fsp3) is 0.231. The van der Waals surface area contributed by atoms with E-state index in [4.69, 9.17) is 27.9 Å².